The van der Waals surface area contributed by atoms with Crippen LogP contribution in [0.5, 0.6) is 0 Å². The van der Waals surface area contributed by atoms with Crippen LogP contribution in [0.2, 0.25) is 10.0 Å². The van der Waals surface area contributed by atoms with Crippen molar-refractivity contribution < 1.29 is 33.8 Å². The molecule has 0 aliphatic carbocycles. The normalized spacial score (nSPS) is 17.1. The number of nitrogens with one attached hydrogen (secondary N) is 2. The summed E-state index contributed by atoms with van der Waals surface area (Å²) >= 11 is 12.2. The Hall–Kier alpha value is -3.67. The third-order valence-corrected chi connectivity index (χ3v) is 8.68. The van der Waals surface area contributed by atoms with Crippen molar-refractivity contribution in [3.8, 4) is 0 Å². The van der Waals surface area contributed by atoms with E-state index in [1.54, 1.807) is 55.5 Å². The second-order valence-corrected chi connectivity index (χ2v) is 12.1. The lowest BCUT2D eigenvalue weighted by Crippen LogP contribution is -2.63. The van der Waals surface area contributed by atoms with Crippen molar-refractivity contribution >= 4 is 52.9 Å². The summed E-state index contributed by atoms with van der Waals surface area (Å²) in [6.45, 7) is 3.66. The summed E-state index contributed by atoms with van der Waals surface area (Å²) < 4.78 is 5.26. The average Bonchev–Trinajstić information content (AvgIpc) is 3.52. The van der Waals surface area contributed by atoms with E-state index in [0.717, 1.165) is 0 Å². The molecular weight excluding hydrogens is 623 g/mol. The van der Waals surface area contributed by atoms with Crippen LogP contribution >= 0.6 is 23.2 Å². The number of esters is 1. The summed E-state index contributed by atoms with van der Waals surface area (Å²) in [5, 5.41) is 15.7. The van der Waals surface area contributed by atoms with Crippen molar-refractivity contribution in [3.63, 3.8) is 0 Å². The number of aliphatic carboxylic acids is 1. The topological polar surface area (TPSA) is 168 Å². The minimum absolute atomic E-state index is 0.0202. The highest BCUT2D eigenvalue weighted by molar-refractivity contribution is 6.42. The number of carbonyl (C=O) groups excluding carboxylic acids is 4. The van der Waals surface area contributed by atoms with Gasteiger partial charge in [-0.1, -0.05) is 54.4 Å². The highest BCUT2D eigenvalue weighted by Crippen LogP contribution is 2.25. The van der Waals surface area contributed by atoms with Gasteiger partial charge < -0.3 is 31.1 Å². The molecule has 45 heavy (non-hydrogen) atoms. The van der Waals surface area contributed by atoms with Gasteiger partial charge in [0.1, 0.15) is 17.6 Å². The second kappa shape index (κ2) is 16.6. The van der Waals surface area contributed by atoms with E-state index in [0.29, 0.717) is 48.3 Å². The molecule has 3 rings (SSSR count). The van der Waals surface area contributed by atoms with Crippen molar-refractivity contribution in [1.82, 2.24) is 15.5 Å². The quantitative estimate of drug-likeness (QED) is 0.165. The first-order valence-electron chi connectivity index (χ1n) is 14.9. The Balaban J connectivity index is 1.62. The van der Waals surface area contributed by atoms with Crippen LogP contribution in [0.3, 0.4) is 0 Å². The lowest BCUT2D eigenvalue weighted by Gasteiger charge is -2.33. The van der Waals surface area contributed by atoms with E-state index >= 15 is 0 Å². The molecule has 244 valence electrons. The van der Waals surface area contributed by atoms with E-state index in [4.69, 9.17) is 33.7 Å². The van der Waals surface area contributed by atoms with Gasteiger partial charge in [-0.25, -0.2) is 9.59 Å². The molecular formula is C32H40Cl2N4O7. The number of amides is 3. The molecule has 0 spiro atoms. The Labute approximate surface area is 272 Å². The fourth-order valence-electron chi connectivity index (χ4n) is 5.00. The molecule has 2 aromatic carbocycles. The maximum absolute atomic E-state index is 13.6. The molecule has 0 radical (unpaired) electrons. The van der Waals surface area contributed by atoms with Crippen LogP contribution in [0.4, 0.5) is 0 Å². The van der Waals surface area contributed by atoms with Crippen LogP contribution in [0.25, 0.3) is 0 Å². The molecule has 1 fully saturated rings. The van der Waals surface area contributed by atoms with E-state index < -0.39 is 53.3 Å². The zero-order valence-electron chi connectivity index (χ0n) is 25.4. The first-order chi connectivity index (χ1) is 21.4. The number of benzene rings is 2. The molecule has 0 saturated carbocycles. The van der Waals surface area contributed by atoms with Crippen molar-refractivity contribution in [2.24, 2.45) is 5.73 Å². The zero-order chi connectivity index (χ0) is 33.1. The number of hydrogen-bond donors (Lipinski definition) is 4. The second-order valence-electron chi connectivity index (χ2n) is 11.3. The first kappa shape index (κ1) is 35.8. The van der Waals surface area contributed by atoms with Gasteiger partial charge in [0.25, 0.3) is 0 Å². The number of nitrogens with two attached hydrogens (primary N) is 1. The monoisotopic (exact) mass is 662 g/mol. The van der Waals surface area contributed by atoms with E-state index in [1.807, 2.05) is 0 Å². The molecule has 4 atom stereocenters. The number of carbonyl (C=O) groups is 5. The molecule has 5 N–H and O–H groups in total. The molecule has 0 bridgehead atoms. The number of ether oxygens (including phenoxy) is 1. The summed E-state index contributed by atoms with van der Waals surface area (Å²) in [5.41, 5.74) is 5.76. The SMILES string of the molecule is CC[C@](C)(NC(=O)[C@@H](N)CCCCOC(=O)c1ccccc1)C(=O)NC(Cc1ccc(Cl)c(Cl)c1)C(=O)N1CCC[C@@H]1C(=O)O. The van der Waals surface area contributed by atoms with Gasteiger partial charge in [-0.15, -0.1) is 0 Å². The highest BCUT2D eigenvalue weighted by atomic mass is 35.5. The van der Waals surface area contributed by atoms with E-state index in [9.17, 15) is 29.1 Å². The van der Waals surface area contributed by atoms with Gasteiger partial charge in [-0.3, -0.25) is 14.4 Å². The van der Waals surface area contributed by atoms with E-state index in [2.05, 4.69) is 10.6 Å². The number of nitrogens with zero attached hydrogens (tertiary/aromatic N) is 1. The number of carboxylic acids is 1. The van der Waals surface area contributed by atoms with E-state index in [-0.39, 0.29) is 31.0 Å². The van der Waals surface area contributed by atoms with Crippen LogP contribution in [-0.2, 0) is 30.3 Å². The maximum atomic E-state index is 13.6. The Kier molecular flexibility index (Phi) is 13.2. The minimum atomic E-state index is -1.42. The molecule has 13 heteroatoms. The molecule has 1 aliphatic rings. The van der Waals surface area contributed by atoms with Crippen LogP contribution in [-0.4, -0.2) is 76.5 Å². The number of rotatable bonds is 15. The number of likely N-dealkylation sites (tertiary alicyclic amines) is 1. The van der Waals surface area contributed by atoms with Gasteiger partial charge in [0, 0.05) is 13.0 Å². The van der Waals surface area contributed by atoms with Crippen LogP contribution < -0.4 is 16.4 Å². The number of carboxylic acid groups (broad SMARTS) is 1. The lowest BCUT2D eigenvalue weighted by molar-refractivity contribution is -0.149. The molecule has 1 aliphatic heterocycles. The summed E-state index contributed by atoms with van der Waals surface area (Å²) in [7, 11) is 0. The molecule has 2 aromatic rings. The number of hydrogen-bond acceptors (Lipinski definition) is 7. The van der Waals surface area contributed by atoms with Gasteiger partial charge in [0.2, 0.25) is 17.7 Å². The fraction of sp³-hybridized carbons (Fsp3) is 0.469. The summed E-state index contributed by atoms with van der Waals surface area (Å²) in [6.07, 6.45) is 2.33. The van der Waals surface area contributed by atoms with Crippen molar-refractivity contribution in [3.05, 3.63) is 69.7 Å². The van der Waals surface area contributed by atoms with E-state index in [1.165, 1.54) is 11.8 Å². The van der Waals surface area contributed by atoms with Crippen LogP contribution in [0.1, 0.15) is 68.3 Å². The third kappa shape index (κ3) is 9.91. The summed E-state index contributed by atoms with van der Waals surface area (Å²) in [5.74, 6) is -3.26. The fourth-order valence-corrected chi connectivity index (χ4v) is 5.32. The van der Waals surface area contributed by atoms with Crippen molar-refractivity contribution in [1.29, 1.82) is 0 Å². The predicted octanol–water partition coefficient (Wildman–Crippen LogP) is 3.74. The number of halogens is 2. The van der Waals surface area contributed by atoms with Gasteiger partial charge in [-0.2, -0.15) is 0 Å². The minimum Gasteiger partial charge on any atom is -0.480 e. The largest absolute Gasteiger partial charge is 0.480 e. The van der Waals surface area contributed by atoms with Gasteiger partial charge in [0.05, 0.1) is 28.3 Å². The highest BCUT2D eigenvalue weighted by Gasteiger charge is 2.41. The molecule has 1 heterocycles. The van der Waals surface area contributed by atoms with Gasteiger partial charge in [0.15, 0.2) is 0 Å². The Bertz CT molecular complexity index is 1380. The summed E-state index contributed by atoms with van der Waals surface area (Å²) in [6, 6.07) is 10.4. The Morgan fingerprint density at radius 1 is 1.09 bits per heavy atom. The number of unbranched alkanes of at least 4 members (excludes halogenated alkanes) is 1. The Morgan fingerprint density at radius 2 is 1.80 bits per heavy atom. The van der Waals surface area contributed by atoms with Gasteiger partial charge >= 0.3 is 11.9 Å². The van der Waals surface area contributed by atoms with Gasteiger partial charge in [-0.05, 0) is 75.3 Å². The van der Waals surface area contributed by atoms with Crippen molar-refractivity contribution in [2.45, 2.75) is 82.5 Å². The molecule has 11 nitrogen and oxygen atoms in total. The smallest absolute Gasteiger partial charge is 0.338 e. The molecule has 0 aromatic heterocycles. The average molecular weight is 664 g/mol. The molecule has 1 unspecified atom stereocenters. The third-order valence-electron chi connectivity index (χ3n) is 7.94. The molecule has 3 amide bonds. The predicted molar refractivity (Wildman–Crippen MR) is 170 cm³/mol. The van der Waals surface area contributed by atoms with Crippen LogP contribution in [0, 0.1) is 0 Å². The summed E-state index contributed by atoms with van der Waals surface area (Å²) in [4.78, 5) is 65.4. The van der Waals surface area contributed by atoms with Crippen LogP contribution in [0.15, 0.2) is 48.5 Å². The standard InChI is InChI=1S/C32H40Cl2N4O7/c1-3-32(2,37-27(39)24(35)12-7-8-17-45-30(43)21-10-5-4-6-11-21)31(44)36-25(19-20-14-15-22(33)23(34)18-20)28(40)38-16-9-13-26(38)29(41)42/h4-6,10-11,14-15,18,24-26H,3,7-9,12-13,16-17,19,35H2,1-2H3,(H,36,44)(H,37,39)(H,41,42)/t24-,25?,26+,32-/m0/s1. The molecule has 1 saturated heterocycles. The Morgan fingerprint density at radius 3 is 2.44 bits per heavy atom. The first-order valence-corrected chi connectivity index (χ1v) is 15.7. The maximum Gasteiger partial charge on any atom is 0.338 e. The zero-order valence-corrected chi connectivity index (χ0v) is 26.9. The van der Waals surface area contributed by atoms with Crippen molar-refractivity contribution in [2.75, 3.05) is 13.2 Å². The lowest BCUT2D eigenvalue weighted by atomic mass is 9.95.